The Hall–Kier alpha value is -0.0500. The standard InChI is InChI=1S/C15H23BrClN/c1-10(2)13(9-18-11(3)4)7-12-5-6-14(16)8-15(12)17/h5-6,8,10-11,13,18H,7,9H2,1-4H3. The second-order valence-corrected chi connectivity index (χ2v) is 6.83. The zero-order valence-corrected chi connectivity index (χ0v) is 14.0. The smallest absolute Gasteiger partial charge is 0.0449 e. The van der Waals surface area contributed by atoms with E-state index in [2.05, 4.69) is 61.1 Å². The van der Waals surface area contributed by atoms with Crippen LogP contribution >= 0.6 is 27.5 Å². The predicted molar refractivity (Wildman–Crippen MR) is 84.3 cm³/mol. The maximum Gasteiger partial charge on any atom is 0.0449 e. The lowest BCUT2D eigenvalue weighted by Gasteiger charge is -2.23. The molecule has 0 aromatic heterocycles. The Bertz CT molecular complexity index is 377. The van der Waals surface area contributed by atoms with Gasteiger partial charge in [-0.1, -0.05) is 61.3 Å². The Morgan fingerprint density at radius 1 is 1.22 bits per heavy atom. The molecule has 102 valence electrons. The van der Waals surface area contributed by atoms with Crippen LogP contribution in [-0.2, 0) is 6.42 Å². The third kappa shape index (κ3) is 5.29. The summed E-state index contributed by atoms with van der Waals surface area (Å²) in [5.41, 5.74) is 1.24. The molecule has 1 aromatic carbocycles. The minimum Gasteiger partial charge on any atom is -0.314 e. The fourth-order valence-corrected chi connectivity index (χ4v) is 2.65. The van der Waals surface area contributed by atoms with Crippen molar-refractivity contribution in [3.63, 3.8) is 0 Å². The third-order valence-electron chi connectivity index (χ3n) is 3.23. The molecule has 0 aliphatic heterocycles. The summed E-state index contributed by atoms with van der Waals surface area (Å²) < 4.78 is 1.04. The van der Waals surface area contributed by atoms with Crippen molar-refractivity contribution in [1.29, 1.82) is 0 Å². The van der Waals surface area contributed by atoms with E-state index >= 15 is 0 Å². The first-order valence-electron chi connectivity index (χ1n) is 6.57. The van der Waals surface area contributed by atoms with Crippen molar-refractivity contribution in [3.8, 4) is 0 Å². The van der Waals surface area contributed by atoms with E-state index in [1.54, 1.807) is 0 Å². The summed E-state index contributed by atoms with van der Waals surface area (Å²) in [5.74, 6) is 1.27. The molecule has 3 heteroatoms. The van der Waals surface area contributed by atoms with E-state index in [1.807, 2.05) is 6.07 Å². The molecule has 0 saturated carbocycles. The van der Waals surface area contributed by atoms with Gasteiger partial charge < -0.3 is 5.32 Å². The molecule has 0 spiro atoms. The Morgan fingerprint density at radius 3 is 2.39 bits per heavy atom. The highest BCUT2D eigenvalue weighted by molar-refractivity contribution is 9.10. The van der Waals surface area contributed by atoms with Crippen molar-refractivity contribution in [2.24, 2.45) is 11.8 Å². The molecule has 0 heterocycles. The molecule has 0 aliphatic carbocycles. The van der Waals surface area contributed by atoms with Crippen LogP contribution in [0.15, 0.2) is 22.7 Å². The van der Waals surface area contributed by atoms with Gasteiger partial charge in [-0.3, -0.25) is 0 Å². The lowest BCUT2D eigenvalue weighted by Crippen LogP contribution is -2.32. The van der Waals surface area contributed by atoms with Crippen molar-refractivity contribution in [2.45, 2.75) is 40.2 Å². The SMILES string of the molecule is CC(C)NCC(Cc1ccc(Br)cc1Cl)C(C)C. The van der Waals surface area contributed by atoms with Gasteiger partial charge in [-0.05, 0) is 42.5 Å². The second kappa shape index (κ2) is 7.52. The van der Waals surface area contributed by atoms with Crippen LogP contribution in [0.2, 0.25) is 5.02 Å². The number of hydrogen-bond acceptors (Lipinski definition) is 1. The van der Waals surface area contributed by atoms with Crippen molar-refractivity contribution in [3.05, 3.63) is 33.3 Å². The van der Waals surface area contributed by atoms with Gasteiger partial charge in [0.2, 0.25) is 0 Å². The summed E-state index contributed by atoms with van der Waals surface area (Å²) in [6, 6.07) is 6.70. The van der Waals surface area contributed by atoms with E-state index in [1.165, 1.54) is 5.56 Å². The normalized spacial score (nSPS) is 13.3. The lowest BCUT2D eigenvalue weighted by atomic mass is 9.89. The highest BCUT2D eigenvalue weighted by Gasteiger charge is 2.16. The van der Waals surface area contributed by atoms with E-state index in [9.17, 15) is 0 Å². The van der Waals surface area contributed by atoms with E-state index in [0.717, 1.165) is 22.5 Å². The first kappa shape index (κ1) is 16.0. The van der Waals surface area contributed by atoms with Gasteiger partial charge in [0.05, 0.1) is 0 Å². The van der Waals surface area contributed by atoms with E-state index in [4.69, 9.17) is 11.6 Å². The Balaban J connectivity index is 2.70. The fraction of sp³-hybridized carbons (Fsp3) is 0.600. The first-order valence-corrected chi connectivity index (χ1v) is 7.74. The van der Waals surface area contributed by atoms with Crippen LogP contribution in [0.1, 0.15) is 33.3 Å². The summed E-state index contributed by atoms with van der Waals surface area (Å²) in [7, 11) is 0. The lowest BCUT2D eigenvalue weighted by molar-refractivity contribution is 0.349. The Kier molecular flexibility index (Phi) is 6.68. The fourth-order valence-electron chi connectivity index (χ4n) is 1.90. The number of hydrogen-bond donors (Lipinski definition) is 1. The summed E-state index contributed by atoms with van der Waals surface area (Å²) in [6.07, 6.45) is 1.03. The highest BCUT2D eigenvalue weighted by atomic mass is 79.9. The summed E-state index contributed by atoms with van der Waals surface area (Å²) in [6.45, 7) is 9.97. The Morgan fingerprint density at radius 2 is 1.89 bits per heavy atom. The molecule has 1 atom stereocenters. The van der Waals surface area contributed by atoms with Crippen LogP contribution in [0, 0.1) is 11.8 Å². The van der Waals surface area contributed by atoms with E-state index in [0.29, 0.717) is 17.9 Å². The molecule has 1 rings (SSSR count). The minimum absolute atomic E-state index is 0.534. The molecule has 0 bridgehead atoms. The maximum atomic E-state index is 6.29. The monoisotopic (exact) mass is 331 g/mol. The van der Waals surface area contributed by atoms with Crippen molar-refractivity contribution >= 4 is 27.5 Å². The molecule has 0 saturated heterocycles. The predicted octanol–water partition coefficient (Wildman–Crippen LogP) is 4.92. The van der Waals surface area contributed by atoms with Gasteiger partial charge >= 0.3 is 0 Å². The molecule has 0 aliphatic rings. The number of rotatable bonds is 6. The van der Waals surface area contributed by atoms with Crippen molar-refractivity contribution in [1.82, 2.24) is 5.32 Å². The number of nitrogens with one attached hydrogen (secondary N) is 1. The van der Waals surface area contributed by atoms with E-state index < -0.39 is 0 Å². The van der Waals surface area contributed by atoms with E-state index in [-0.39, 0.29) is 0 Å². The van der Waals surface area contributed by atoms with Gasteiger partial charge in [0.25, 0.3) is 0 Å². The van der Waals surface area contributed by atoms with Crippen LogP contribution in [0.3, 0.4) is 0 Å². The average Bonchev–Trinajstić information content (AvgIpc) is 2.26. The van der Waals surface area contributed by atoms with Gasteiger partial charge in [-0.25, -0.2) is 0 Å². The zero-order chi connectivity index (χ0) is 13.7. The number of benzene rings is 1. The van der Waals surface area contributed by atoms with Gasteiger partial charge in [-0.2, -0.15) is 0 Å². The Labute approximate surface area is 124 Å². The van der Waals surface area contributed by atoms with Crippen LogP contribution < -0.4 is 5.32 Å². The molecular weight excluding hydrogens is 310 g/mol. The van der Waals surface area contributed by atoms with Gasteiger partial charge in [-0.15, -0.1) is 0 Å². The molecule has 1 N–H and O–H groups in total. The second-order valence-electron chi connectivity index (χ2n) is 5.51. The quantitative estimate of drug-likeness (QED) is 0.780. The average molecular weight is 333 g/mol. The summed E-state index contributed by atoms with van der Waals surface area (Å²) >= 11 is 9.74. The molecule has 18 heavy (non-hydrogen) atoms. The zero-order valence-electron chi connectivity index (χ0n) is 11.6. The van der Waals surface area contributed by atoms with Gasteiger partial charge in [0.15, 0.2) is 0 Å². The molecular formula is C15H23BrClN. The first-order chi connectivity index (χ1) is 8.40. The number of halogens is 2. The molecule has 1 nitrogen and oxygen atoms in total. The van der Waals surface area contributed by atoms with Crippen molar-refractivity contribution in [2.75, 3.05) is 6.54 Å². The van der Waals surface area contributed by atoms with Crippen LogP contribution in [0.25, 0.3) is 0 Å². The van der Waals surface area contributed by atoms with Gasteiger partial charge in [0, 0.05) is 15.5 Å². The molecule has 1 aromatic rings. The molecule has 1 unspecified atom stereocenters. The molecule has 0 amide bonds. The topological polar surface area (TPSA) is 12.0 Å². The van der Waals surface area contributed by atoms with Gasteiger partial charge in [0.1, 0.15) is 0 Å². The summed E-state index contributed by atoms with van der Waals surface area (Å²) in [4.78, 5) is 0. The third-order valence-corrected chi connectivity index (χ3v) is 4.07. The molecule has 0 fully saturated rings. The summed E-state index contributed by atoms with van der Waals surface area (Å²) in [5, 5.41) is 4.39. The van der Waals surface area contributed by atoms with Crippen LogP contribution in [0.4, 0.5) is 0 Å². The largest absolute Gasteiger partial charge is 0.314 e. The van der Waals surface area contributed by atoms with Crippen molar-refractivity contribution < 1.29 is 0 Å². The molecule has 0 radical (unpaired) electrons. The maximum absolute atomic E-state index is 6.29. The minimum atomic E-state index is 0.534. The highest BCUT2D eigenvalue weighted by Crippen LogP contribution is 2.25. The van der Waals surface area contributed by atoms with Crippen LogP contribution in [-0.4, -0.2) is 12.6 Å². The van der Waals surface area contributed by atoms with Crippen LogP contribution in [0.5, 0.6) is 0 Å².